The first-order chi connectivity index (χ1) is 20.3. The van der Waals surface area contributed by atoms with Crippen molar-refractivity contribution in [1.29, 1.82) is 0 Å². The highest BCUT2D eigenvalue weighted by atomic mass is 16.5. The summed E-state index contributed by atoms with van der Waals surface area (Å²) in [5.41, 5.74) is 2.13. The molecule has 6 nitrogen and oxygen atoms in total. The van der Waals surface area contributed by atoms with E-state index < -0.39 is 11.9 Å². The summed E-state index contributed by atoms with van der Waals surface area (Å²) in [6, 6.07) is 4.02. The maximum absolute atomic E-state index is 12.1. The molecule has 3 fully saturated rings. The number of allylic oxidation sites excluding steroid dienone is 1. The van der Waals surface area contributed by atoms with E-state index in [1.54, 1.807) is 0 Å². The number of aromatic carboxylic acids is 1. The first-order valence-electron chi connectivity index (χ1n) is 16.7. The molecule has 1 unspecified atom stereocenters. The fourth-order valence-electron chi connectivity index (χ4n) is 10.0. The van der Waals surface area contributed by atoms with Gasteiger partial charge in [0.05, 0.1) is 0 Å². The van der Waals surface area contributed by atoms with Crippen LogP contribution in [0, 0.1) is 46.3 Å². The molecule has 0 spiro atoms. The average Bonchev–Trinajstić information content (AvgIpc) is 3.30. The number of rotatable bonds is 10. The van der Waals surface area contributed by atoms with Gasteiger partial charge in [-0.25, -0.2) is 9.59 Å². The van der Waals surface area contributed by atoms with Gasteiger partial charge in [0.25, 0.3) is 0 Å². The second-order valence-electron chi connectivity index (χ2n) is 15.2. The van der Waals surface area contributed by atoms with Crippen LogP contribution in [0.4, 0.5) is 0 Å². The monoisotopic (exact) mass is 592 g/mol. The number of carboxylic acid groups (broad SMARTS) is 2. The van der Waals surface area contributed by atoms with Crippen molar-refractivity contribution < 1.29 is 29.6 Å². The van der Waals surface area contributed by atoms with Crippen LogP contribution in [0.1, 0.15) is 121 Å². The Labute approximate surface area is 257 Å². The van der Waals surface area contributed by atoms with Crippen molar-refractivity contribution >= 4 is 18.0 Å². The van der Waals surface area contributed by atoms with Gasteiger partial charge in [0.15, 0.2) is 0 Å². The Hall–Kier alpha value is -2.76. The smallest absolute Gasteiger partial charge is 0.371 e. The Bertz CT molecular complexity index is 1280. The van der Waals surface area contributed by atoms with Crippen LogP contribution >= 0.6 is 0 Å². The maximum Gasteiger partial charge on any atom is 0.371 e. The first-order valence-corrected chi connectivity index (χ1v) is 16.7. The van der Waals surface area contributed by atoms with Crippen molar-refractivity contribution in [2.75, 3.05) is 0 Å². The fraction of sp³-hybridized carbons (Fsp3) is 0.676. The molecule has 0 aromatic heterocycles. The van der Waals surface area contributed by atoms with Gasteiger partial charge in [0.1, 0.15) is 17.4 Å². The molecule has 1 aromatic rings. The van der Waals surface area contributed by atoms with Gasteiger partial charge in [-0.15, -0.1) is 0 Å². The van der Waals surface area contributed by atoms with Crippen LogP contribution in [-0.4, -0.2) is 33.4 Å². The van der Waals surface area contributed by atoms with E-state index in [-0.39, 0.29) is 28.6 Å². The van der Waals surface area contributed by atoms with Gasteiger partial charge in [-0.2, -0.15) is 0 Å². The zero-order valence-corrected chi connectivity index (χ0v) is 26.8. The van der Waals surface area contributed by atoms with Crippen LogP contribution in [0.3, 0.4) is 0 Å². The largest absolute Gasteiger partial charge is 0.507 e. The summed E-state index contributed by atoms with van der Waals surface area (Å²) in [5, 5.41) is 29.1. The molecule has 4 aliphatic carbocycles. The van der Waals surface area contributed by atoms with E-state index in [1.165, 1.54) is 74.8 Å². The highest BCUT2D eigenvalue weighted by Crippen LogP contribution is 2.67. The van der Waals surface area contributed by atoms with E-state index >= 15 is 0 Å². The standard InChI is InChI=1S/C37H52O6/c1-22(2)7-6-8-23(3)29-12-13-30-27-11-10-25-21-26(15-17-36(25,4)31(27)16-18-37(29,30)5)43-33(35(41)42)20-24-9-14-32(38)28(19-24)34(39)40/h9-10,14,19-20,22-23,26-27,29-31,38H,6-8,11-13,15-18,21H2,1-5H3,(H,39,40)(H,41,42)/b33-20+/t23-,26?,27+,29-,30+,31+,36+,37-/m1/s1. The minimum Gasteiger partial charge on any atom is -0.507 e. The average molecular weight is 593 g/mol. The Morgan fingerprint density at radius 1 is 1.02 bits per heavy atom. The number of aliphatic carboxylic acids is 1. The molecule has 4 aliphatic rings. The van der Waals surface area contributed by atoms with Crippen LogP contribution in [0.5, 0.6) is 5.75 Å². The van der Waals surface area contributed by atoms with E-state index in [0.717, 1.165) is 55.3 Å². The molecule has 3 saturated carbocycles. The molecule has 0 bridgehead atoms. The molecule has 0 amide bonds. The lowest BCUT2D eigenvalue weighted by Gasteiger charge is -2.58. The highest BCUT2D eigenvalue weighted by molar-refractivity contribution is 5.93. The van der Waals surface area contributed by atoms with Crippen molar-refractivity contribution in [2.45, 2.75) is 111 Å². The Balaban J connectivity index is 1.28. The van der Waals surface area contributed by atoms with Gasteiger partial charge in [-0.1, -0.05) is 71.6 Å². The minimum absolute atomic E-state index is 0.144. The first kappa shape index (κ1) is 31.7. The van der Waals surface area contributed by atoms with E-state index in [9.17, 15) is 24.9 Å². The molecular formula is C37H52O6. The molecule has 6 heteroatoms. The number of hydrogen-bond acceptors (Lipinski definition) is 4. The van der Waals surface area contributed by atoms with E-state index in [2.05, 4.69) is 40.7 Å². The third kappa shape index (κ3) is 6.13. The van der Waals surface area contributed by atoms with Gasteiger partial charge in [-0.3, -0.25) is 0 Å². The number of benzene rings is 1. The lowest BCUT2D eigenvalue weighted by molar-refractivity contribution is -0.138. The summed E-state index contributed by atoms with van der Waals surface area (Å²) in [4.78, 5) is 23.5. The van der Waals surface area contributed by atoms with Crippen molar-refractivity contribution in [1.82, 2.24) is 0 Å². The molecule has 8 atom stereocenters. The Morgan fingerprint density at radius 3 is 2.49 bits per heavy atom. The zero-order valence-electron chi connectivity index (χ0n) is 26.8. The Morgan fingerprint density at radius 2 is 1.79 bits per heavy atom. The molecule has 5 rings (SSSR count). The number of carbonyl (C=O) groups is 2. The van der Waals surface area contributed by atoms with Gasteiger partial charge < -0.3 is 20.1 Å². The summed E-state index contributed by atoms with van der Waals surface area (Å²) in [6.45, 7) is 12.3. The maximum atomic E-state index is 12.1. The molecule has 43 heavy (non-hydrogen) atoms. The van der Waals surface area contributed by atoms with Crippen LogP contribution in [-0.2, 0) is 9.53 Å². The molecule has 0 saturated heterocycles. The quantitative estimate of drug-likeness (QED) is 0.142. The summed E-state index contributed by atoms with van der Waals surface area (Å²) in [6.07, 6.45) is 16.7. The molecule has 0 radical (unpaired) electrons. The van der Waals surface area contributed by atoms with Gasteiger partial charge in [0, 0.05) is 6.42 Å². The number of phenols is 1. The van der Waals surface area contributed by atoms with Crippen molar-refractivity contribution in [3.63, 3.8) is 0 Å². The zero-order chi connectivity index (χ0) is 31.1. The summed E-state index contributed by atoms with van der Waals surface area (Å²) in [5.74, 6) is 1.65. The summed E-state index contributed by atoms with van der Waals surface area (Å²) >= 11 is 0. The second-order valence-corrected chi connectivity index (χ2v) is 15.2. The van der Waals surface area contributed by atoms with E-state index in [4.69, 9.17) is 4.74 Å². The predicted molar refractivity (Wildman–Crippen MR) is 169 cm³/mol. The number of aromatic hydroxyl groups is 1. The predicted octanol–water partition coefficient (Wildman–Crippen LogP) is 8.94. The van der Waals surface area contributed by atoms with Crippen LogP contribution in [0.15, 0.2) is 35.6 Å². The van der Waals surface area contributed by atoms with Gasteiger partial charge >= 0.3 is 11.9 Å². The summed E-state index contributed by atoms with van der Waals surface area (Å²) < 4.78 is 6.10. The molecule has 1 aromatic carbocycles. The number of hydrogen-bond donors (Lipinski definition) is 3. The van der Waals surface area contributed by atoms with Gasteiger partial charge in [0.2, 0.25) is 5.76 Å². The number of ether oxygens (including phenoxy) is 1. The normalized spacial score (nSPS) is 34.5. The molecule has 0 heterocycles. The SMILES string of the molecule is CC(C)CCC[C@@H](C)[C@H]1CC[C@H]2[C@@H]3CC=C4CC(O/C(=C/c5ccc(O)c(C(=O)O)c5)C(=O)O)CC[C@]4(C)[C@H]3CC[C@]12C. The molecular weight excluding hydrogens is 540 g/mol. The molecule has 236 valence electrons. The van der Waals surface area contributed by atoms with Crippen molar-refractivity contribution in [3.05, 3.63) is 46.7 Å². The third-order valence-corrected chi connectivity index (χ3v) is 12.3. The van der Waals surface area contributed by atoms with Crippen LogP contribution in [0.2, 0.25) is 0 Å². The number of carboxylic acids is 2. The van der Waals surface area contributed by atoms with Crippen LogP contribution < -0.4 is 0 Å². The third-order valence-electron chi connectivity index (χ3n) is 12.3. The van der Waals surface area contributed by atoms with Crippen LogP contribution in [0.25, 0.3) is 6.08 Å². The molecule has 3 N–H and O–H groups in total. The highest BCUT2D eigenvalue weighted by Gasteiger charge is 2.59. The second kappa shape index (κ2) is 12.3. The lowest BCUT2D eigenvalue weighted by atomic mass is 9.47. The Kier molecular flexibility index (Phi) is 9.07. The van der Waals surface area contributed by atoms with E-state index in [0.29, 0.717) is 16.9 Å². The van der Waals surface area contributed by atoms with Gasteiger partial charge in [-0.05, 0) is 115 Å². The fourth-order valence-corrected chi connectivity index (χ4v) is 10.0. The topological polar surface area (TPSA) is 104 Å². The van der Waals surface area contributed by atoms with E-state index in [1.807, 2.05) is 0 Å². The summed E-state index contributed by atoms with van der Waals surface area (Å²) in [7, 11) is 0. The van der Waals surface area contributed by atoms with Crippen molar-refractivity contribution in [2.24, 2.45) is 46.3 Å². The van der Waals surface area contributed by atoms with Crippen molar-refractivity contribution in [3.8, 4) is 5.75 Å². The molecule has 0 aliphatic heterocycles. The minimum atomic E-state index is -1.27. The number of fused-ring (bicyclic) bond motifs is 5. The lowest BCUT2D eigenvalue weighted by Crippen LogP contribution is -2.51.